The highest BCUT2D eigenvalue weighted by Gasteiger charge is 2.22. The Balaban J connectivity index is 3.15. The third-order valence-corrected chi connectivity index (χ3v) is 4.73. The van der Waals surface area contributed by atoms with Gasteiger partial charge >= 0.3 is 0 Å². The van der Waals surface area contributed by atoms with Gasteiger partial charge in [0, 0.05) is 13.1 Å². The topological polar surface area (TPSA) is 63.4 Å². The Morgan fingerprint density at radius 3 is 2.47 bits per heavy atom. The van der Waals surface area contributed by atoms with Crippen LogP contribution in [0.15, 0.2) is 23.1 Å². The summed E-state index contributed by atoms with van der Waals surface area (Å²) in [7, 11) is -3.46. The summed E-state index contributed by atoms with van der Waals surface area (Å²) in [5, 5.41) is 0.263. The summed E-state index contributed by atoms with van der Waals surface area (Å²) >= 11 is 5.84. The molecule has 0 aromatic heterocycles. The van der Waals surface area contributed by atoms with Crippen LogP contribution in [-0.2, 0) is 10.0 Å². The highest BCUT2D eigenvalue weighted by molar-refractivity contribution is 7.89. The first kappa shape index (κ1) is 14.3. The van der Waals surface area contributed by atoms with Crippen molar-refractivity contribution in [3.05, 3.63) is 23.2 Å². The minimum absolute atomic E-state index is 0.187. The van der Waals surface area contributed by atoms with Gasteiger partial charge in [-0.15, -0.1) is 0 Å². The van der Waals surface area contributed by atoms with Crippen LogP contribution in [0.2, 0.25) is 5.02 Å². The van der Waals surface area contributed by atoms with Crippen molar-refractivity contribution in [2.45, 2.75) is 25.2 Å². The van der Waals surface area contributed by atoms with Gasteiger partial charge in [-0.3, -0.25) is 0 Å². The van der Waals surface area contributed by atoms with Crippen LogP contribution in [0.1, 0.15) is 20.3 Å². The molecule has 1 rings (SSSR count). The molecule has 0 amide bonds. The van der Waals surface area contributed by atoms with Crippen LogP contribution in [0.5, 0.6) is 0 Å². The fraction of sp³-hybridized carbons (Fsp3) is 0.455. The van der Waals surface area contributed by atoms with Gasteiger partial charge in [0.05, 0.1) is 15.6 Å². The summed E-state index contributed by atoms with van der Waals surface area (Å²) in [6, 6.07) is 4.38. The largest absolute Gasteiger partial charge is 0.398 e. The third-order valence-electron chi connectivity index (χ3n) is 2.44. The fourth-order valence-corrected chi connectivity index (χ4v) is 3.33. The number of hydrogen-bond acceptors (Lipinski definition) is 3. The Kier molecular flexibility index (Phi) is 4.80. The number of sulfonamides is 1. The molecule has 0 saturated carbocycles. The van der Waals surface area contributed by atoms with Crippen molar-refractivity contribution in [1.29, 1.82) is 0 Å². The molecule has 4 nitrogen and oxygen atoms in total. The molecule has 0 saturated heterocycles. The third kappa shape index (κ3) is 3.12. The molecule has 6 heteroatoms. The van der Waals surface area contributed by atoms with Gasteiger partial charge in [0.1, 0.15) is 0 Å². The summed E-state index contributed by atoms with van der Waals surface area (Å²) in [6.07, 6.45) is 0.774. The van der Waals surface area contributed by atoms with Gasteiger partial charge in [0.15, 0.2) is 0 Å². The maximum Gasteiger partial charge on any atom is 0.243 e. The molecule has 96 valence electrons. The van der Waals surface area contributed by atoms with Crippen molar-refractivity contribution in [3.63, 3.8) is 0 Å². The van der Waals surface area contributed by atoms with Crippen molar-refractivity contribution in [2.75, 3.05) is 18.8 Å². The highest BCUT2D eigenvalue weighted by Crippen LogP contribution is 2.24. The standard InChI is InChI=1S/C11H17ClN2O2S/c1-3-7-14(4-2)17(15,16)9-5-6-11(13)10(12)8-9/h5-6,8H,3-4,7,13H2,1-2H3. The quantitative estimate of drug-likeness (QED) is 0.840. The maximum absolute atomic E-state index is 12.2. The lowest BCUT2D eigenvalue weighted by Crippen LogP contribution is -2.31. The molecule has 0 heterocycles. The van der Waals surface area contributed by atoms with Gasteiger partial charge in [-0.25, -0.2) is 8.42 Å². The van der Waals surface area contributed by atoms with Gasteiger partial charge in [0.25, 0.3) is 0 Å². The number of hydrogen-bond donors (Lipinski definition) is 1. The Labute approximate surface area is 107 Å². The minimum atomic E-state index is -3.46. The first-order chi connectivity index (χ1) is 7.93. The Bertz CT molecular complexity index is 488. The van der Waals surface area contributed by atoms with Crippen LogP contribution in [0.4, 0.5) is 5.69 Å². The van der Waals surface area contributed by atoms with Crippen molar-refractivity contribution >= 4 is 27.3 Å². The molecule has 0 fully saturated rings. The summed E-state index contributed by atoms with van der Waals surface area (Å²) < 4.78 is 25.9. The van der Waals surface area contributed by atoms with E-state index in [0.29, 0.717) is 18.8 Å². The van der Waals surface area contributed by atoms with Crippen LogP contribution in [0, 0.1) is 0 Å². The Hall–Kier alpha value is -0.780. The normalized spacial score (nSPS) is 12.0. The van der Waals surface area contributed by atoms with Crippen LogP contribution < -0.4 is 5.73 Å². The molecule has 0 unspecified atom stereocenters. The molecule has 0 aliphatic heterocycles. The number of benzene rings is 1. The molecule has 1 aromatic carbocycles. The van der Waals surface area contributed by atoms with Gasteiger partial charge < -0.3 is 5.73 Å². The monoisotopic (exact) mass is 276 g/mol. The molecule has 0 aliphatic carbocycles. The van der Waals surface area contributed by atoms with Crippen molar-refractivity contribution < 1.29 is 8.42 Å². The second-order valence-corrected chi connectivity index (χ2v) is 6.03. The van der Waals surface area contributed by atoms with E-state index < -0.39 is 10.0 Å². The SMILES string of the molecule is CCCN(CC)S(=O)(=O)c1ccc(N)c(Cl)c1. The first-order valence-corrected chi connectivity index (χ1v) is 7.30. The molecule has 0 bridgehead atoms. The van der Waals surface area contributed by atoms with E-state index in [2.05, 4.69) is 0 Å². The zero-order valence-corrected chi connectivity index (χ0v) is 11.6. The van der Waals surface area contributed by atoms with Crippen molar-refractivity contribution in [1.82, 2.24) is 4.31 Å². The molecular weight excluding hydrogens is 260 g/mol. The molecule has 0 atom stereocenters. The Morgan fingerprint density at radius 2 is 2.00 bits per heavy atom. The van der Waals surface area contributed by atoms with Crippen LogP contribution >= 0.6 is 11.6 Å². The van der Waals surface area contributed by atoms with Crippen LogP contribution in [0.25, 0.3) is 0 Å². The zero-order valence-electron chi connectivity index (χ0n) is 9.98. The number of halogens is 1. The van der Waals surface area contributed by atoms with Crippen LogP contribution in [0.3, 0.4) is 0 Å². The van der Waals surface area contributed by atoms with Gasteiger partial charge in [0.2, 0.25) is 10.0 Å². The Morgan fingerprint density at radius 1 is 1.35 bits per heavy atom. The summed E-state index contributed by atoms with van der Waals surface area (Å²) in [4.78, 5) is 0.187. The molecular formula is C11H17ClN2O2S. The van der Waals surface area contributed by atoms with E-state index in [1.165, 1.54) is 22.5 Å². The summed E-state index contributed by atoms with van der Waals surface area (Å²) in [5.41, 5.74) is 5.94. The first-order valence-electron chi connectivity index (χ1n) is 5.48. The smallest absolute Gasteiger partial charge is 0.243 e. The lowest BCUT2D eigenvalue weighted by Gasteiger charge is -2.19. The van der Waals surface area contributed by atoms with Crippen molar-refractivity contribution in [3.8, 4) is 0 Å². The predicted molar refractivity (Wildman–Crippen MR) is 70.6 cm³/mol. The van der Waals surface area contributed by atoms with E-state index in [1.807, 2.05) is 13.8 Å². The van der Waals surface area contributed by atoms with Crippen molar-refractivity contribution in [2.24, 2.45) is 0 Å². The van der Waals surface area contributed by atoms with E-state index in [4.69, 9.17) is 17.3 Å². The van der Waals surface area contributed by atoms with E-state index in [-0.39, 0.29) is 9.92 Å². The zero-order chi connectivity index (χ0) is 13.1. The van der Waals surface area contributed by atoms with E-state index >= 15 is 0 Å². The highest BCUT2D eigenvalue weighted by atomic mass is 35.5. The van der Waals surface area contributed by atoms with E-state index in [0.717, 1.165) is 6.42 Å². The molecule has 0 aliphatic rings. The summed E-state index contributed by atoms with van der Waals surface area (Å²) in [5.74, 6) is 0. The number of anilines is 1. The maximum atomic E-state index is 12.2. The van der Waals surface area contributed by atoms with E-state index in [1.54, 1.807) is 0 Å². The number of nitrogens with two attached hydrogens (primary N) is 1. The fourth-order valence-electron chi connectivity index (χ4n) is 1.52. The molecule has 17 heavy (non-hydrogen) atoms. The van der Waals surface area contributed by atoms with Gasteiger partial charge in [-0.05, 0) is 24.6 Å². The van der Waals surface area contributed by atoms with Gasteiger partial charge in [-0.2, -0.15) is 4.31 Å². The lowest BCUT2D eigenvalue weighted by atomic mass is 10.3. The second-order valence-electron chi connectivity index (χ2n) is 3.68. The average molecular weight is 277 g/mol. The number of nitrogen functional groups attached to an aromatic ring is 1. The number of nitrogens with zero attached hydrogens (tertiary/aromatic N) is 1. The van der Waals surface area contributed by atoms with Crippen LogP contribution in [-0.4, -0.2) is 25.8 Å². The number of rotatable bonds is 5. The molecule has 2 N–H and O–H groups in total. The second kappa shape index (κ2) is 5.71. The molecule has 1 aromatic rings. The molecule has 0 radical (unpaired) electrons. The predicted octanol–water partition coefficient (Wildman–Crippen LogP) is 2.34. The summed E-state index contributed by atoms with van der Waals surface area (Å²) in [6.45, 7) is 4.69. The van der Waals surface area contributed by atoms with Gasteiger partial charge in [-0.1, -0.05) is 25.4 Å². The minimum Gasteiger partial charge on any atom is -0.398 e. The van der Waals surface area contributed by atoms with E-state index in [9.17, 15) is 8.42 Å². The molecule has 0 spiro atoms. The lowest BCUT2D eigenvalue weighted by molar-refractivity contribution is 0.427. The average Bonchev–Trinajstić information content (AvgIpc) is 2.29.